The van der Waals surface area contributed by atoms with Crippen LogP contribution in [-0.2, 0) is 18.0 Å². The molecule has 0 saturated carbocycles. The first kappa shape index (κ1) is 37.0. The molecule has 4 atom stereocenters. The number of hydrogen-bond donors (Lipinski definition) is 0. The topological polar surface area (TPSA) is 96.1 Å². The average Bonchev–Trinajstić information content (AvgIpc) is 3.40. The lowest BCUT2D eigenvalue weighted by molar-refractivity contribution is -0.0470. The number of ether oxygens (including phenoxy) is 1. The van der Waals surface area contributed by atoms with Gasteiger partial charge in [0.2, 0.25) is 0 Å². The number of imidazole rings is 1. The summed E-state index contributed by atoms with van der Waals surface area (Å²) in [6, 6.07) is 0. The molecule has 0 amide bonds. The van der Waals surface area contributed by atoms with Crippen LogP contribution in [0, 0.1) is 0 Å². The number of aliphatic imine (C=N–C) groups is 1. The van der Waals surface area contributed by atoms with E-state index in [1.807, 2.05) is 23.6 Å². The zero-order valence-electron chi connectivity index (χ0n) is 30.6. The Bertz CT molecular complexity index is 1310. The van der Waals surface area contributed by atoms with Gasteiger partial charge >= 0.3 is 0 Å². The van der Waals surface area contributed by atoms with Crippen LogP contribution in [0.2, 0.25) is 54.4 Å². The fourth-order valence-corrected chi connectivity index (χ4v) is 7.78. The predicted octanol–water partition coefficient (Wildman–Crippen LogP) is 7.75. The summed E-state index contributed by atoms with van der Waals surface area (Å²) in [4.78, 5) is 20.2. The summed E-state index contributed by atoms with van der Waals surface area (Å²) in [5.41, 5.74) is 1.26. The van der Waals surface area contributed by atoms with Crippen molar-refractivity contribution in [1.29, 1.82) is 0 Å². The molecule has 1 saturated heterocycles. The van der Waals surface area contributed by atoms with Gasteiger partial charge in [0, 0.05) is 14.1 Å². The van der Waals surface area contributed by atoms with Gasteiger partial charge < -0.3 is 22.9 Å². The molecule has 0 radical (unpaired) electrons. The third-order valence-electron chi connectivity index (χ3n) is 10.2. The second-order valence-corrected chi connectivity index (χ2v) is 31.4. The van der Waals surface area contributed by atoms with Gasteiger partial charge in [-0.15, -0.1) is 0 Å². The van der Waals surface area contributed by atoms with Crippen molar-refractivity contribution in [2.45, 2.75) is 141 Å². The van der Waals surface area contributed by atoms with E-state index in [2.05, 4.69) is 117 Å². The molecule has 0 spiro atoms. The van der Waals surface area contributed by atoms with E-state index in [1.54, 1.807) is 12.7 Å². The second kappa shape index (κ2) is 12.6. The molecular weight excluding hydrogens is 605 g/mol. The van der Waals surface area contributed by atoms with Crippen LogP contribution in [0.3, 0.4) is 0 Å². The highest BCUT2D eigenvalue weighted by molar-refractivity contribution is 6.75. The van der Waals surface area contributed by atoms with E-state index < -0.39 is 31.2 Å². The molecule has 13 heteroatoms. The standard InChI is InChI=1S/C31H60N6O4Si3/c1-29(2,3)42(12,13)38-18-22-24(40-43(14,15)30(4,5)6)25(41-44(16,17)31(7,8)9)28(39-22)37-21-34-23-26(35-20-36(10)11)32-19-33-27(23)37/h19-22,24-25,28H,18H2,1-17H3/b35-20-/t22-,24-,25-,28-/m1/s1. The Hall–Kier alpha value is -1.49. The Morgan fingerprint density at radius 1 is 0.818 bits per heavy atom. The minimum absolute atomic E-state index is 0.00567. The van der Waals surface area contributed by atoms with Crippen LogP contribution in [-0.4, -0.2) is 94.7 Å². The maximum atomic E-state index is 7.30. The van der Waals surface area contributed by atoms with E-state index in [4.69, 9.17) is 23.0 Å². The Labute approximate surface area is 269 Å². The largest absolute Gasteiger partial charge is 0.414 e. The molecule has 3 heterocycles. The zero-order valence-corrected chi connectivity index (χ0v) is 33.6. The molecule has 0 N–H and O–H groups in total. The molecule has 2 aromatic rings. The lowest BCUT2D eigenvalue weighted by Gasteiger charge is -2.44. The van der Waals surface area contributed by atoms with Crippen molar-refractivity contribution in [3.63, 3.8) is 0 Å². The van der Waals surface area contributed by atoms with Crippen molar-refractivity contribution in [2.75, 3.05) is 20.7 Å². The second-order valence-electron chi connectivity index (χ2n) is 17.1. The number of fused-ring (bicyclic) bond motifs is 1. The third kappa shape index (κ3) is 7.89. The van der Waals surface area contributed by atoms with Crippen molar-refractivity contribution in [1.82, 2.24) is 24.4 Å². The third-order valence-corrected chi connectivity index (χ3v) is 23.6. The first-order valence-corrected chi connectivity index (χ1v) is 24.5. The normalized spacial score (nSPS) is 22.8. The van der Waals surface area contributed by atoms with Gasteiger partial charge in [0.15, 0.2) is 48.2 Å². The van der Waals surface area contributed by atoms with Crippen LogP contribution in [0.25, 0.3) is 11.2 Å². The molecule has 0 aliphatic carbocycles. The summed E-state index contributed by atoms with van der Waals surface area (Å²) in [7, 11) is -2.76. The van der Waals surface area contributed by atoms with Crippen LogP contribution in [0.15, 0.2) is 17.6 Å². The Balaban J connectivity index is 2.18. The summed E-state index contributed by atoms with van der Waals surface area (Å²) < 4.78 is 30.4. The van der Waals surface area contributed by atoms with Crippen LogP contribution >= 0.6 is 0 Å². The molecule has 10 nitrogen and oxygen atoms in total. The van der Waals surface area contributed by atoms with E-state index in [1.165, 1.54) is 6.33 Å². The molecule has 0 bridgehead atoms. The molecule has 1 aliphatic rings. The van der Waals surface area contributed by atoms with Crippen LogP contribution in [0.4, 0.5) is 5.82 Å². The molecule has 0 aromatic carbocycles. The first-order valence-electron chi connectivity index (χ1n) is 15.8. The van der Waals surface area contributed by atoms with Crippen LogP contribution < -0.4 is 0 Å². The summed E-state index contributed by atoms with van der Waals surface area (Å²) >= 11 is 0. The van der Waals surface area contributed by atoms with Gasteiger partial charge in [0.1, 0.15) is 24.6 Å². The molecule has 1 aliphatic heterocycles. The fraction of sp³-hybridized carbons (Fsp3) is 0.806. The molecule has 250 valence electrons. The first-order chi connectivity index (χ1) is 19.8. The molecule has 2 aromatic heterocycles. The summed E-state index contributed by atoms with van der Waals surface area (Å²) in [6.45, 7) is 34.6. The van der Waals surface area contributed by atoms with Gasteiger partial charge in [0.25, 0.3) is 0 Å². The number of nitrogens with zero attached hydrogens (tertiary/aromatic N) is 6. The van der Waals surface area contributed by atoms with E-state index in [0.29, 0.717) is 23.6 Å². The monoisotopic (exact) mass is 664 g/mol. The number of rotatable bonds is 10. The van der Waals surface area contributed by atoms with Crippen molar-refractivity contribution in [2.24, 2.45) is 4.99 Å². The van der Waals surface area contributed by atoms with Gasteiger partial charge in [-0.05, 0) is 54.4 Å². The summed E-state index contributed by atoms with van der Waals surface area (Å²) in [5.74, 6) is 0.509. The average molecular weight is 665 g/mol. The molecule has 44 heavy (non-hydrogen) atoms. The molecule has 0 unspecified atom stereocenters. The van der Waals surface area contributed by atoms with Gasteiger partial charge in [-0.25, -0.2) is 19.9 Å². The van der Waals surface area contributed by atoms with Crippen molar-refractivity contribution in [3.05, 3.63) is 12.7 Å². The number of hydrogen-bond acceptors (Lipinski definition) is 8. The maximum absolute atomic E-state index is 7.30. The van der Waals surface area contributed by atoms with Gasteiger partial charge in [-0.3, -0.25) is 4.57 Å². The van der Waals surface area contributed by atoms with Gasteiger partial charge in [-0.1, -0.05) is 62.3 Å². The van der Waals surface area contributed by atoms with Crippen LogP contribution in [0.1, 0.15) is 68.5 Å². The predicted molar refractivity (Wildman–Crippen MR) is 188 cm³/mol. The Morgan fingerprint density at radius 3 is 1.84 bits per heavy atom. The fourth-order valence-electron chi connectivity index (χ4n) is 4.17. The number of aromatic nitrogens is 4. The van der Waals surface area contributed by atoms with Crippen molar-refractivity contribution >= 4 is 48.3 Å². The lowest BCUT2D eigenvalue weighted by Crippen LogP contribution is -2.54. The highest BCUT2D eigenvalue weighted by atomic mass is 28.4. The van der Waals surface area contributed by atoms with E-state index >= 15 is 0 Å². The Kier molecular flexibility index (Phi) is 10.6. The van der Waals surface area contributed by atoms with E-state index in [9.17, 15) is 0 Å². The quantitative estimate of drug-likeness (QED) is 0.145. The summed E-state index contributed by atoms with van der Waals surface area (Å²) in [6.07, 6.45) is 3.46. The van der Waals surface area contributed by atoms with E-state index in [0.717, 1.165) is 0 Å². The maximum Gasteiger partial charge on any atom is 0.192 e. The SMILES string of the molecule is CN(C)/C=N\c1ncnc2c1ncn2[C@@H]1O[C@H](CO[Si](C)(C)C(C)(C)C)[C@@H](O[Si](C)(C)C(C)(C)C)[C@H]1O[Si](C)(C)C(C)(C)C. The highest BCUT2D eigenvalue weighted by Gasteiger charge is 2.55. The van der Waals surface area contributed by atoms with Crippen LogP contribution in [0.5, 0.6) is 0 Å². The van der Waals surface area contributed by atoms with E-state index in [-0.39, 0.29) is 33.4 Å². The zero-order chi connectivity index (χ0) is 33.7. The van der Waals surface area contributed by atoms with Crippen molar-refractivity contribution < 1.29 is 18.0 Å². The minimum Gasteiger partial charge on any atom is -0.414 e. The summed E-state index contributed by atoms with van der Waals surface area (Å²) in [5, 5.41) is 0.0620. The van der Waals surface area contributed by atoms with Gasteiger partial charge in [0.05, 0.1) is 19.3 Å². The van der Waals surface area contributed by atoms with Crippen molar-refractivity contribution in [3.8, 4) is 0 Å². The highest BCUT2D eigenvalue weighted by Crippen LogP contribution is 2.47. The molecule has 1 fully saturated rings. The molecule has 3 rings (SSSR count). The minimum atomic E-state index is -2.28. The lowest BCUT2D eigenvalue weighted by atomic mass is 10.1. The van der Waals surface area contributed by atoms with Gasteiger partial charge in [-0.2, -0.15) is 0 Å². The smallest absolute Gasteiger partial charge is 0.192 e. The molecular formula is C31H60N6O4Si3. The Morgan fingerprint density at radius 2 is 1.34 bits per heavy atom.